The van der Waals surface area contributed by atoms with Gasteiger partial charge in [-0.05, 0) is 20.8 Å². The Labute approximate surface area is 110 Å². The third-order valence-corrected chi connectivity index (χ3v) is 2.39. The van der Waals surface area contributed by atoms with Gasteiger partial charge in [-0.2, -0.15) is 0 Å². The third-order valence-electron chi connectivity index (χ3n) is 2.39. The average molecular weight is 271 g/mol. The van der Waals surface area contributed by atoms with E-state index < -0.39 is 24.0 Å². The molecule has 8 heteroatoms. The van der Waals surface area contributed by atoms with Crippen molar-refractivity contribution in [3.8, 4) is 0 Å². The number of carbonyl (C=O) groups is 3. The van der Waals surface area contributed by atoms with Crippen molar-refractivity contribution in [1.82, 2.24) is 10.6 Å². The molecule has 2 atom stereocenters. The smallest absolute Gasteiger partial charge is 0.353 e. The van der Waals surface area contributed by atoms with Gasteiger partial charge in [0.15, 0.2) is 5.71 Å². The Kier molecular flexibility index (Phi) is 4.85. The summed E-state index contributed by atoms with van der Waals surface area (Å²) >= 11 is 0. The van der Waals surface area contributed by atoms with E-state index in [0.29, 0.717) is 0 Å². The standard InChI is InChI=1S/C11H17N3O5/c1-5(2)12-9(15)6(3)13-10(16)8-4-7(11(17)18)14-19-8/h5-6,8H,4H2,1-3H3,(H,12,15)(H,13,16)(H,17,18). The van der Waals surface area contributed by atoms with E-state index in [2.05, 4.69) is 15.8 Å². The number of amides is 2. The summed E-state index contributed by atoms with van der Waals surface area (Å²) in [6.45, 7) is 5.14. The molecule has 0 saturated heterocycles. The minimum absolute atomic E-state index is 0.0310. The Balaban J connectivity index is 2.44. The summed E-state index contributed by atoms with van der Waals surface area (Å²) in [5, 5.41) is 17.1. The first-order valence-corrected chi connectivity index (χ1v) is 5.88. The van der Waals surface area contributed by atoms with Gasteiger partial charge < -0.3 is 20.6 Å². The van der Waals surface area contributed by atoms with Crippen LogP contribution in [0.4, 0.5) is 0 Å². The van der Waals surface area contributed by atoms with Crippen LogP contribution in [0.25, 0.3) is 0 Å². The SMILES string of the molecule is CC(C)NC(=O)C(C)NC(=O)C1CC(C(=O)O)=NO1. The zero-order valence-corrected chi connectivity index (χ0v) is 11.0. The summed E-state index contributed by atoms with van der Waals surface area (Å²) in [7, 11) is 0. The molecule has 0 aromatic heterocycles. The van der Waals surface area contributed by atoms with E-state index in [1.54, 1.807) is 13.8 Å². The van der Waals surface area contributed by atoms with Crippen LogP contribution >= 0.6 is 0 Å². The van der Waals surface area contributed by atoms with E-state index in [4.69, 9.17) is 9.94 Å². The first kappa shape index (κ1) is 14.9. The van der Waals surface area contributed by atoms with Crippen molar-refractivity contribution >= 4 is 23.5 Å². The molecule has 1 rings (SSSR count). The van der Waals surface area contributed by atoms with Gasteiger partial charge in [0.25, 0.3) is 5.91 Å². The first-order chi connectivity index (χ1) is 8.81. The third kappa shape index (κ3) is 4.23. The molecule has 0 aliphatic carbocycles. The Hall–Kier alpha value is -2.12. The molecule has 19 heavy (non-hydrogen) atoms. The Morgan fingerprint density at radius 2 is 1.95 bits per heavy atom. The second-order valence-corrected chi connectivity index (χ2v) is 4.53. The van der Waals surface area contributed by atoms with Gasteiger partial charge in [-0.1, -0.05) is 5.16 Å². The lowest BCUT2D eigenvalue weighted by Crippen LogP contribution is -2.49. The van der Waals surface area contributed by atoms with E-state index in [9.17, 15) is 14.4 Å². The summed E-state index contributed by atoms with van der Waals surface area (Å²) in [6.07, 6.45) is -1.11. The second kappa shape index (κ2) is 6.17. The van der Waals surface area contributed by atoms with Crippen LogP contribution in [0.5, 0.6) is 0 Å². The van der Waals surface area contributed by atoms with E-state index in [1.165, 1.54) is 6.92 Å². The molecule has 0 bridgehead atoms. The fourth-order valence-corrected chi connectivity index (χ4v) is 1.43. The van der Waals surface area contributed by atoms with E-state index in [-0.39, 0.29) is 24.1 Å². The largest absolute Gasteiger partial charge is 0.477 e. The maximum absolute atomic E-state index is 11.7. The molecule has 0 saturated carbocycles. The summed E-state index contributed by atoms with van der Waals surface area (Å²) in [5.41, 5.74) is -0.209. The van der Waals surface area contributed by atoms with Gasteiger partial charge in [0.05, 0.1) is 0 Å². The maximum atomic E-state index is 11.7. The van der Waals surface area contributed by atoms with Crippen LogP contribution in [0.2, 0.25) is 0 Å². The van der Waals surface area contributed by atoms with Crippen molar-refractivity contribution in [1.29, 1.82) is 0 Å². The Morgan fingerprint density at radius 1 is 1.32 bits per heavy atom. The number of carbonyl (C=O) groups excluding carboxylic acids is 2. The second-order valence-electron chi connectivity index (χ2n) is 4.53. The number of nitrogens with zero attached hydrogens (tertiary/aromatic N) is 1. The minimum atomic E-state index is -1.22. The predicted molar refractivity (Wildman–Crippen MR) is 65.4 cm³/mol. The molecule has 0 spiro atoms. The zero-order valence-electron chi connectivity index (χ0n) is 11.0. The van der Waals surface area contributed by atoms with Crippen LogP contribution in [-0.2, 0) is 19.2 Å². The van der Waals surface area contributed by atoms with Gasteiger partial charge in [0.1, 0.15) is 6.04 Å². The number of carboxylic acids is 1. The minimum Gasteiger partial charge on any atom is -0.477 e. The van der Waals surface area contributed by atoms with Crippen LogP contribution in [0.3, 0.4) is 0 Å². The lowest BCUT2D eigenvalue weighted by molar-refractivity contribution is -0.135. The molecule has 106 valence electrons. The molecule has 0 radical (unpaired) electrons. The summed E-state index contributed by atoms with van der Waals surface area (Å²) < 4.78 is 0. The van der Waals surface area contributed by atoms with Gasteiger partial charge in [-0.15, -0.1) is 0 Å². The number of hydrogen-bond donors (Lipinski definition) is 3. The highest BCUT2D eigenvalue weighted by molar-refractivity contribution is 6.36. The monoisotopic (exact) mass is 271 g/mol. The summed E-state index contributed by atoms with van der Waals surface area (Å²) in [4.78, 5) is 38.6. The Bertz CT molecular complexity index is 419. The number of nitrogens with one attached hydrogen (secondary N) is 2. The van der Waals surface area contributed by atoms with E-state index >= 15 is 0 Å². The number of rotatable bonds is 5. The van der Waals surface area contributed by atoms with Crippen molar-refractivity contribution < 1.29 is 24.3 Å². The van der Waals surface area contributed by atoms with Crippen molar-refractivity contribution in [3.63, 3.8) is 0 Å². The van der Waals surface area contributed by atoms with Crippen LogP contribution in [-0.4, -0.2) is 46.8 Å². The number of hydrogen-bond acceptors (Lipinski definition) is 5. The molecule has 0 aromatic carbocycles. The summed E-state index contributed by atoms with van der Waals surface area (Å²) in [5.74, 6) is -2.10. The highest BCUT2D eigenvalue weighted by Gasteiger charge is 2.32. The number of aliphatic carboxylic acids is 1. The molecule has 3 N–H and O–H groups in total. The van der Waals surface area contributed by atoms with Crippen LogP contribution in [0.1, 0.15) is 27.2 Å². The average Bonchev–Trinajstić information content (AvgIpc) is 2.77. The molecule has 1 aliphatic heterocycles. The fraction of sp³-hybridized carbons (Fsp3) is 0.636. The number of carboxylic acid groups (broad SMARTS) is 1. The maximum Gasteiger partial charge on any atom is 0.353 e. The first-order valence-electron chi connectivity index (χ1n) is 5.88. The molecule has 2 amide bonds. The molecule has 2 unspecified atom stereocenters. The van der Waals surface area contributed by atoms with Gasteiger partial charge in [-0.25, -0.2) is 4.79 Å². The highest BCUT2D eigenvalue weighted by Crippen LogP contribution is 2.11. The molecular weight excluding hydrogens is 254 g/mol. The molecule has 1 heterocycles. The number of oxime groups is 1. The molecule has 0 fully saturated rings. The van der Waals surface area contributed by atoms with E-state index in [0.717, 1.165) is 0 Å². The van der Waals surface area contributed by atoms with Crippen molar-refractivity contribution in [2.24, 2.45) is 5.16 Å². The molecule has 1 aliphatic rings. The topological polar surface area (TPSA) is 117 Å². The highest BCUT2D eigenvalue weighted by atomic mass is 16.6. The molecule has 0 aromatic rings. The van der Waals surface area contributed by atoms with Gasteiger partial charge in [0.2, 0.25) is 12.0 Å². The van der Waals surface area contributed by atoms with Crippen LogP contribution in [0, 0.1) is 0 Å². The fourth-order valence-electron chi connectivity index (χ4n) is 1.43. The lowest BCUT2D eigenvalue weighted by Gasteiger charge is -2.17. The zero-order chi connectivity index (χ0) is 14.6. The van der Waals surface area contributed by atoms with Crippen molar-refractivity contribution in [2.75, 3.05) is 0 Å². The van der Waals surface area contributed by atoms with Crippen molar-refractivity contribution in [2.45, 2.75) is 45.4 Å². The van der Waals surface area contributed by atoms with Crippen LogP contribution in [0.15, 0.2) is 5.16 Å². The molecule has 8 nitrogen and oxygen atoms in total. The lowest BCUT2D eigenvalue weighted by atomic mass is 10.1. The summed E-state index contributed by atoms with van der Waals surface area (Å²) in [6, 6.07) is -0.760. The molecular formula is C11H17N3O5. The predicted octanol–water partition coefficient (Wildman–Crippen LogP) is -0.755. The Morgan fingerprint density at radius 3 is 2.42 bits per heavy atom. The van der Waals surface area contributed by atoms with Crippen LogP contribution < -0.4 is 10.6 Å². The van der Waals surface area contributed by atoms with Gasteiger partial charge in [0, 0.05) is 12.5 Å². The quantitative estimate of drug-likeness (QED) is 0.608. The van der Waals surface area contributed by atoms with Gasteiger partial charge in [-0.3, -0.25) is 9.59 Å². The normalized spacial score (nSPS) is 19.4. The van der Waals surface area contributed by atoms with Gasteiger partial charge >= 0.3 is 5.97 Å². The van der Waals surface area contributed by atoms with Crippen molar-refractivity contribution in [3.05, 3.63) is 0 Å². The van der Waals surface area contributed by atoms with E-state index in [1.807, 2.05) is 0 Å².